The SMILES string of the molecule is O=C(COC1CCCC1)NCc1cccc(-n2ccc(C(=O)O)n2)c1. The maximum atomic E-state index is 11.9. The fraction of sp³-hybridized carbons (Fsp3) is 0.389. The molecule has 0 atom stereocenters. The Morgan fingerprint density at radius 2 is 2.08 bits per heavy atom. The van der Waals surface area contributed by atoms with E-state index in [1.165, 1.54) is 23.6 Å². The molecule has 0 aliphatic heterocycles. The molecule has 2 N–H and O–H groups in total. The van der Waals surface area contributed by atoms with Crippen molar-refractivity contribution < 1.29 is 19.4 Å². The number of ether oxygens (including phenoxy) is 1. The minimum atomic E-state index is -1.07. The highest BCUT2D eigenvalue weighted by molar-refractivity contribution is 5.85. The molecule has 1 saturated carbocycles. The number of rotatable bonds is 7. The Bertz CT molecular complexity index is 750. The number of hydrogen-bond donors (Lipinski definition) is 2. The van der Waals surface area contributed by atoms with Gasteiger partial charge < -0.3 is 15.2 Å². The van der Waals surface area contributed by atoms with Crippen LogP contribution in [0, 0.1) is 0 Å². The van der Waals surface area contributed by atoms with Crippen LogP contribution >= 0.6 is 0 Å². The van der Waals surface area contributed by atoms with E-state index in [4.69, 9.17) is 9.84 Å². The Hall–Kier alpha value is -2.67. The lowest BCUT2D eigenvalue weighted by atomic mass is 10.2. The Kier molecular flexibility index (Phi) is 5.45. The maximum Gasteiger partial charge on any atom is 0.356 e. The predicted octanol–water partition coefficient (Wildman–Crippen LogP) is 2.15. The number of benzene rings is 1. The zero-order valence-corrected chi connectivity index (χ0v) is 13.9. The summed E-state index contributed by atoms with van der Waals surface area (Å²) in [6.07, 6.45) is 6.25. The van der Waals surface area contributed by atoms with Crippen molar-refractivity contribution in [2.75, 3.05) is 6.61 Å². The molecule has 1 aliphatic rings. The average molecular weight is 343 g/mol. The third-order valence-corrected chi connectivity index (χ3v) is 4.23. The minimum absolute atomic E-state index is 0.0113. The van der Waals surface area contributed by atoms with Gasteiger partial charge in [-0.3, -0.25) is 4.79 Å². The van der Waals surface area contributed by atoms with E-state index in [1.54, 1.807) is 6.20 Å². The molecule has 7 nitrogen and oxygen atoms in total. The molecule has 1 aromatic carbocycles. The minimum Gasteiger partial charge on any atom is -0.476 e. The van der Waals surface area contributed by atoms with E-state index < -0.39 is 5.97 Å². The number of nitrogens with zero attached hydrogens (tertiary/aromatic N) is 2. The molecule has 7 heteroatoms. The normalized spacial score (nSPS) is 14.6. The third-order valence-electron chi connectivity index (χ3n) is 4.23. The summed E-state index contributed by atoms with van der Waals surface area (Å²) in [4.78, 5) is 22.8. The molecule has 1 amide bonds. The van der Waals surface area contributed by atoms with Gasteiger partial charge in [0, 0.05) is 12.7 Å². The highest BCUT2D eigenvalue weighted by Gasteiger charge is 2.16. The van der Waals surface area contributed by atoms with E-state index in [-0.39, 0.29) is 24.3 Å². The van der Waals surface area contributed by atoms with Crippen molar-refractivity contribution in [2.24, 2.45) is 0 Å². The Morgan fingerprint density at radius 1 is 1.28 bits per heavy atom. The first-order chi connectivity index (χ1) is 12.1. The van der Waals surface area contributed by atoms with Gasteiger partial charge in [0.05, 0.1) is 11.8 Å². The molecule has 25 heavy (non-hydrogen) atoms. The fourth-order valence-electron chi connectivity index (χ4n) is 2.89. The molecule has 3 rings (SSSR count). The third kappa shape index (κ3) is 4.67. The molecule has 0 unspecified atom stereocenters. The molecule has 0 bridgehead atoms. The summed E-state index contributed by atoms with van der Waals surface area (Å²) in [5.74, 6) is -1.20. The molecule has 0 spiro atoms. The summed E-state index contributed by atoms with van der Waals surface area (Å²) in [5.41, 5.74) is 1.63. The highest BCUT2D eigenvalue weighted by atomic mass is 16.5. The number of carbonyl (C=O) groups excluding carboxylic acids is 1. The summed E-state index contributed by atoms with van der Waals surface area (Å²) in [6.45, 7) is 0.471. The summed E-state index contributed by atoms with van der Waals surface area (Å²) < 4.78 is 7.09. The van der Waals surface area contributed by atoms with Crippen LogP contribution in [0.2, 0.25) is 0 Å². The zero-order chi connectivity index (χ0) is 17.6. The number of amides is 1. The van der Waals surface area contributed by atoms with E-state index in [0.29, 0.717) is 6.54 Å². The van der Waals surface area contributed by atoms with Gasteiger partial charge >= 0.3 is 5.97 Å². The van der Waals surface area contributed by atoms with Gasteiger partial charge in [-0.05, 0) is 36.6 Å². The number of hydrogen-bond acceptors (Lipinski definition) is 4. The van der Waals surface area contributed by atoms with Gasteiger partial charge in [0.25, 0.3) is 0 Å². The number of aromatic carboxylic acids is 1. The van der Waals surface area contributed by atoms with Crippen molar-refractivity contribution in [2.45, 2.75) is 38.3 Å². The van der Waals surface area contributed by atoms with Crippen LogP contribution in [0.25, 0.3) is 5.69 Å². The Balaban J connectivity index is 1.54. The van der Waals surface area contributed by atoms with Crippen LogP contribution in [-0.2, 0) is 16.1 Å². The van der Waals surface area contributed by atoms with Crippen LogP contribution in [0.15, 0.2) is 36.5 Å². The van der Waals surface area contributed by atoms with Gasteiger partial charge in [0.2, 0.25) is 5.91 Å². The molecule has 0 radical (unpaired) electrons. The summed E-state index contributed by atoms with van der Waals surface area (Å²) in [6, 6.07) is 8.86. The molecule has 1 fully saturated rings. The van der Waals surface area contributed by atoms with Gasteiger partial charge in [-0.15, -0.1) is 0 Å². The topological polar surface area (TPSA) is 93.5 Å². The van der Waals surface area contributed by atoms with Crippen LogP contribution < -0.4 is 5.32 Å². The van der Waals surface area contributed by atoms with Crippen molar-refractivity contribution in [1.29, 1.82) is 0 Å². The molecule has 1 heterocycles. The second kappa shape index (κ2) is 7.94. The maximum absolute atomic E-state index is 11.9. The Morgan fingerprint density at radius 3 is 2.80 bits per heavy atom. The molecule has 2 aromatic rings. The Labute approximate surface area is 145 Å². The lowest BCUT2D eigenvalue weighted by Gasteiger charge is -2.11. The van der Waals surface area contributed by atoms with E-state index >= 15 is 0 Å². The van der Waals surface area contributed by atoms with Crippen LogP contribution in [0.3, 0.4) is 0 Å². The second-order valence-electron chi connectivity index (χ2n) is 6.11. The van der Waals surface area contributed by atoms with Crippen molar-refractivity contribution in [1.82, 2.24) is 15.1 Å². The van der Waals surface area contributed by atoms with Crippen molar-refractivity contribution in [3.63, 3.8) is 0 Å². The largest absolute Gasteiger partial charge is 0.476 e. The summed E-state index contributed by atoms with van der Waals surface area (Å²) in [5, 5.41) is 15.8. The fourth-order valence-corrected chi connectivity index (χ4v) is 2.89. The molecule has 1 aliphatic carbocycles. The number of nitrogens with one attached hydrogen (secondary N) is 1. The molecule has 132 valence electrons. The lowest BCUT2D eigenvalue weighted by molar-refractivity contribution is -0.127. The predicted molar refractivity (Wildman–Crippen MR) is 90.6 cm³/mol. The van der Waals surface area contributed by atoms with E-state index in [0.717, 1.165) is 24.1 Å². The van der Waals surface area contributed by atoms with Crippen molar-refractivity contribution in [3.8, 4) is 5.69 Å². The first kappa shape index (κ1) is 17.2. The van der Waals surface area contributed by atoms with E-state index in [2.05, 4.69) is 10.4 Å². The average Bonchev–Trinajstić information content (AvgIpc) is 3.30. The van der Waals surface area contributed by atoms with E-state index in [1.807, 2.05) is 24.3 Å². The molecular weight excluding hydrogens is 322 g/mol. The summed E-state index contributed by atoms with van der Waals surface area (Å²) in [7, 11) is 0. The second-order valence-corrected chi connectivity index (χ2v) is 6.11. The van der Waals surface area contributed by atoms with Crippen LogP contribution in [0.5, 0.6) is 0 Å². The standard InChI is InChI=1S/C18H21N3O4/c22-17(12-25-15-6-1-2-7-15)19-11-13-4-3-5-14(10-13)21-9-8-16(20-21)18(23)24/h3-5,8-10,15H,1-2,6-7,11-12H2,(H,19,22)(H,23,24). The molecule has 0 saturated heterocycles. The number of aromatic nitrogens is 2. The van der Waals surface area contributed by atoms with E-state index in [9.17, 15) is 9.59 Å². The van der Waals surface area contributed by atoms with Crippen LogP contribution in [0.1, 0.15) is 41.7 Å². The van der Waals surface area contributed by atoms with Gasteiger partial charge in [-0.2, -0.15) is 5.10 Å². The zero-order valence-electron chi connectivity index (χ0n) is 13.9. The van der Waals surface area contributed by atoms with Gasteiger partial charge in [0.15, 0.2) is 5.69 Å². The van der Waals surface area contributed by atoms with Gasteiger partial charge in [-0.1, -0.05) is 25.0 Å². The van der Waals surface area contributed by atoms with Crippen molar-refractivity contribution >= 4 is 11.9 Å². The first-order valence-electron chi connectivity index (χ1n) is 8.38. The number of carboxylic acid groups (broad SMARTS) is 1. The molecule has 1 aromatic heterocycles. The van der Waals surface area contributed by atoms with Gasteiger partial charge in [0.1, 0.15) is 6.61 Å². The number of carbonyl (C=O) groups is 2. The highest BCUT2D eigenvalue weighted by Crippen LogP contribution is 2.20. The van der Waals surface area contributed by atoms with Crippen molar-refractivity contribution in [3.05, 3.63) is 47.8 Å². The lowest BCUT2D eigenvalue weighted by Crippen LogP contribution is -2.28. The first-order valence-corrected chi connectivity index (χ1v) is 8.38. The van der Waals surface area contributed by atoms with Crippen LogP contribution in [-0.4, -0.2) is 39.5 Å². The van der Waals surface area contributed by atoms with Crippen LogP contribution in [0.4, 0.5) is 0 Å². The molecular formula is C18H21N3O4. The monoisotopic (exact) mass is 343 g/mol. The number of carboxylic acids is 1. The van der Waals surface area contributed by atoms with Gasteiger partial charge in [-0.25, -0.2) is 9.48 Å². The summed E-state index contributed by atoms with van der Waals surface area (Å²) >= 11 is 0. The quantitative estimate of drug-likeness (QED) is 0.803. The smallest absolute Gasteiger partial charge is 0.356 e.